The monoisotopic (exact) mass is 471 g/mol. The summed E-state index contributed by atoms with van der Waals surface area (Å²) in [5.74, 6) is 8.79. The maximum absolute atomic E-state index is 5.95. The largest absolute Gasteiger partial charge is 0.497 e. The van der Waals surface area contributed by atoms with Crippen molar-refractivity contribution >= 4 is 22.5 Å². The second-order valence-electron chi connectivity index (χ2n) is 8.38. The van der Waals surface area contributed by atoms with E-state index in [1.54, 1.807) is 31.8 Å². The van der Waals surface area contributed by atoms with Gasteiger partial charge in [0.2, 0.25) is 5.95 Å². The summed E-state index contributed by atoms with van der Waals surface area (Å²) in [7, 11) is 1.68. The van der Waals surface area contributed by atoms with Gasteiger partial charge in [-0.25, -0.2) is 24.9 Å². The molecule has 0 saturated heterocycles. The zero-order valence-corrected chi connectivity index (χ0v) is 19.5. The van der Waals surface area contributed by atoms with Crippen molar-refractivity contribution in [3.8, 4) is 29.1 Å². The Kier molecular flexibility index (Phi) is 5.35. The number of nitrogens with two attached hydrogens (primary N) is 1. The Morgan fingerprint density at radius 3 is 2.61 bits per heavy atom. The van der Waals surface area contributed by atoms with E-state index in [2.05, 4.69) is 48.8 Å². The van der Waals surface area contributed by atoms with E-state index in [4.69, 9.17) is 15.5 Å². The van der Waals surface area contributed by atoms with E-state index >= 15 is 0 Å². The molecule has 1 aliphatic rings. The minimum Gasteiger partial charge on any atom is -0.497 e. The van der Waals surface area contributed by atoms with Crippen LogP contribution < -0.4 is 15.4 Å². The van der Waals surface area contributed by atoms with E-state index in [1.165, 1.54) is 11.1 Å². The van der Waals surface area contributed by atoms with Gasteiger partial charge in [-0.05, 0) is 71.0 Å². The van der Waals surface area contributed by atoms with Crippen LogP contribution in [0, 0.1) is 11.8 Å². The van der Waals surface area contributed by atoms with Crippen molar-refractivity contribution in [2.24, 2.45) is 0 Å². The van der Waals surface area contributed by atoms with Crippen molar-refractivity contribution in [2.45, 2.75) is 13.1 Å². The van der Waals surface area contributed by atoms with Gasteiger partial charge in [-0.1, -0.05) is 12.0 Å². The molecule has 1 aliphatic heterocycles. The summed E-state index contributed by atoms with van der Waals surface area (Å²) < 4.78 is 5.36. The van der Waals surface area contributed by atoms with Crippen LogP contribution in [0.3, 0.4) is 0 Å². The lowest BCUT2D eigenvalue weighted by Crippen LogP contribution is -2.17. The van der Waals surface area contributed by atoms with Gasteiger partial charge in [-0.15, -0.1) is 0 Å². The first-order valence-electron chi connectivity index (χ1n) is 11.4. The molecular formula is C28H21N7O. The average Bonchev–Trinajstić information content (AvgIpc) is 3.36. The van der Waals surface area contributed by atoms with Gasteiger partial charge < -0.3 is 15.4 Å². The van der Waals surface area contributed by atoms with Crippen LogP contribution in [0.2, 0.25) is 0 Å². The fraction of sp³-hybridized carbons (Fsp3) is 0.107. The zero-order chi connectivity index (χ0) is 24.5. The topological polar surface area (TPSA) is 103 Å². The molecule has 0 unspecified atom stereocenters. The maximum Gasteiger partial charge on any atom is 0.226 e. The molecule has 0 bridgehead atoms. The number of methoxy groups -OCH3 is 1. The molecule has 36 heavy (non-hydrogen) atoms. The van der Waals surface area contributed by atoms with Crippen molar-refractivity contribution < 1.29 is 4.74 Å². The lowest BCUT2D eigenvalue weighted by Gasteiger charge is -2.15. The van der Waals surface area contributed by atoms with E-state index in [0.717, 1.165) is 35.2 Å². The summed E-state index contributed by atoms with van der Waals surface area (Å²) in [6, 6.07) is 17.5. The van der Waals surface area contributed by atoms with Crippen LogP contribution in [-0.4, -0.2) is 32.0 Å². The second kappa shape index (κ2) is 8.96. The summed E-state index contributed by atoms with van der Waals surface area (Å²) in [6.07, 6.45) is 5.12. The van der Waals surface area contributed by atoms with Gasteiger partial charge in [-0.3, -0.25) is 0 Å². The van der Waals surface area contributed by atoms with Crippen LogP contribution in [0.1, 0.15) is 22.4 Å². The SMILES string of the molecule is COc1ccc2c(c1)CN(c1nccc(-c3nccc(C#Cc4ccc5c(N)nccc5c4)n3)n1)C2. The summed E-state index contributed by atoms with van der Waals surface area (Å²) in [4.78, 5) is 24.5. The fourth-order valence-electron chi connectivity index (χ4n) is 4.23. The van der Waals surface area contributed by atoms with E-state index < -0.39 is 0 Å². The molecular weight excluding hydrogens is 450 g/mol. The van der Waals surface area contributed by atoms with Gasteiger partial charge in [0.25, 0.3) is 0 Å². The Morgan fingerprint density at radius 2 is 1.69 bits per heavy atom. The highest BCUT2D eigenvalue weighted by Crippen LogP contribution is 2.29. The summed E-state index contributed by atoms with van der Waals surface area (Å²) in [5.41, 5.74) is 10.5. The molecule has 5 aromatic rings. The quantitative estimate of drug-likeness (QED) is 0.394. The van der Waals surface area contributed by atoms with Gasteiger partial charge in [0.15, 0.2) is 5.82 Å². The van der Waals surface area contributed by atoms with E-state index in [-0.39, 0.29) is 0 Å². The number of hydrogen-bond donors (Lipinski definition) is 1. The minimum atomic E-state index is 0.501. The Labute approximate surface area is 207 Å². The number of anilines is 2. The molecule has 0 fully saturated rings. The predicted octanol–water partition coefficient (Wildman–Crippen LogP) is 3.99. The molecule has 0 spiro atoms. The van der Waals surface area contributed by atoms with Crippen molar-refractivity contribution in [3.63, 3.8) is 0 Å². The molecule has 0 aliphatic carbocycles. The Hall–Kier alpha value is -5.03. The van der Waals surface area contributed by atoms with Gasteiger partial charge in [0.05, 0.1) is 7.11 Å². The number of nitrogen functional groups attached to an aromatic ring is 1. The lowest BCUT2D eigenvalue weighted by atomic mass is 10.1. The first-order valence-corrected chi connectivity index (χ1v) is 11.4. The molecule has 0 saturated carbocycles. The average molecular weight is 472 g/mol. The number of nitrogens with zero attached hydrogens (tertiary/aromatic N) is 6. The first-order chi connectivity index (χ1) is 17.7. The van der Waals surface area contributed by atoms with Crippen molar-refractivity contribution in [2.75, 3.05) is 17.7 Å². The Bertz CT molecular complexity index is 1670. The molecule has 8 heteroatoms. The fourth-order valence-corrected chi connectivity index (χ4v) is 4.23. The normalized spacial score (nSPS) is 12.2. The van der Waals surface area contributed by atoms with Crippen molar-refractivity contribution in [1.82, 2.24) is 24.9 Å². The van der Waals surface area contributed by atoms with Crippen LogP contribution in [0.4, 0.5) is 11.8 Å². The highest BCUT2D eigenvalue weighted by molar-refractivity contribution is 5.91. The standard InChI is InChI=1S/C28H21N7O/c1-36-23-6-4-20-16-35(17-21(20)15-23)28-32-13-10-25(34-28)27-31-12-9-22(33-27)5-2-18-3-7-24-19(14-18)8-11-30-26(24)29/h3-4,6-15H,16-17H2,1H3,(H2,29,30). The van der Waals surface area contributed by atoms with Crippen molar-refractivity contribution in [1.29, 1.82) is 0 Å². The second-order valence-corrected chi connectivity index (χ2v) is 8.38. The van der Waals surface area contributed by atoms with Crippen LogP contribution in [0.25, 0.3) is 22.3 Å². The first kappa shape index (κ1) is 21.5. The Balaban J connectivity index is 1.25. The highest BCUT2D eigenvalue weighted by atomic mass is 16.5. The Morgan fingerprint density at radius 1 is 0.833 bits per heavy atom. The molecule has 0 atom stereocenters. The maximum atomic E-state index is 5.95. The molecule has 2 aromatic carbocycles. The molecule has 174 valence electrons. The molecule has 0 radical (unpaired) electrons. The number of fused-ring (bicyclic) bond motifs is 2. The van der Waals surface area contributed by atoms with Gasteiger partial charge >= 0.3 is 0 Å². The highest BCUT2D eigenvalue weighted by Gasteiger charge is 2.22. The summed E-state index contributed by atoms with van der Waals surface area (Å²) in [5, 5.41) is 1.90. The summed E-state index contributed by atoms with van der Waals surface area (Å²) >= 11 is 0. The predicted molar refractivity (Wildman–Crippen MR) is 138 cm³/mol. The van der Waals surface area contributed by atoms with Crippen LogP contribution in [0.15, 0.2) is 73.2 Å². The van der Waals surface area contributed by atoms with E-state index in [1.807, 2.05) is 36.4 Å². The summed E-state index contributed by atoms with van der Waals surface area (Å²) in [6.45, 7) is 1.46. The van der Waals surface area contributed by atoms with Gasteiger partial charge in [-0.2, -0.15) is 0 Å². The third kappa shape index (κ3) is 4.14. The molecule has 2 N–H and O–H groups in total. The third-order valence-electron chi connectivity index (χ3n) is 6.08. The number of benzene rings is 2. The van der Waals surface area contributed by atoms with Crippen LogP contribution >= 0.6 is 0 Å². The minimum absolute atomic E-state index is 0.501. The third-order valence-corrected chi connectivity index (χ3v) is 6.08. The van der Waals surface area contributed by atoms with Crippen LogP contribution in [-0.2, 0) is 13.1 Å². The molecule has 4 heterocycles. The number of pyridine rings is 1. The molecule has 0 amide bonds. The van der Waals surface area contributed by atoms with Crippen LogP contribution in [0.5, 0.6) is 5.75 Å². The zero-order valence-electron chi connectivity index (χ0n) is 19.5. The molecule has 6 rings (SSSR count). The van der Waals surface area contributed by atoms with Gasteiger partial charge in [0, 0.05) is 42.6 Å². The van der Waals surface area contributed by atoms with Gasteiger partial charge in [0.1, 0.15) is 23.0 Å². The lowest BCUT2D eigenvalue weighted by molar-refractivity contribution is 0.414. The number of rotatable bonds is 3. The van der Waals surface area contributed by atoms with Crippen molar-refractivity contribution in [3.05, 3.63) is 95.6 Å². The number of aromatic nitrogens is 5. The molecule has 8 nitrogen and oxygen atoms in total. The van der Waals surface area contributed by atoms with E-state index in [0.29, 0.717) is 29.0 Å². The number of hydrogen-bond acceptors (Lipinski definition) is 8. The molecule has 3 aromatic heterocycles. The smallest absolute Gasteiger partial charge is 0.226 e. The van der Waals surface area contributed by atoms with E-state index in [9.17, 15) is 0 Å². The number of ether oxygens (including phenoxy) is 1.